The highest BCUT2D eigenvalue weighted by Crippen LogP contribution is 2.25. The molecule has 0 aliphatic heterocycles. The molecule has 0 spiro atoms. The molecular weight excluding hydrogens is 447 g/mol. The summed E-state index contributed by atoms with van der Waals surface area (Å²) in [6.07, 6.45) is -2.51. The van der Waals surface area contributed by atoms with E-state index >= 15 is 0 Å². The molecule has 0 amide bonds. The number of halogens is 3. The molecule has 1 unspecified atom stereocenters. The third kappa shape index (κ3) is 6.17. The van der Waals surface area contributed by atoms with Crippen LogP contribution in [0.25, 0.3) is 10.9 Å². The van der Waals surface area contributed by atoms with E-state index in [4.69, 9.17) is 21.0 Å². The zero-order valence-corrected chi connectivity index (χ0v) is 17.8. The molecule has 7 nitrogen and oxygen atoms in total. The Labute approximate surface area is 182 Å². The van der Waals surface area contributed by atoms with Crippen LogP contribution < -0.4 is 5.73 Å². The molecule has 11 heteroatoms. The van der Waals surface area contributed by atoms with Gasteiger partial charge in [-0.05, 0) is 36.8 Å². The number of alkyl halides is 3. The first-order valence-corrected chi connectivity index (χ1v) is 10.8. The van der Waals surface area contributed by atoms with Crippen LogP contribution >= 0.6 is 0 Å². The maximum atomic E-state index is 12.9. The molecule has 2 aromatic carbocycles. The summed E-state index contributed by atoms with van der Waals surface area (Å²) in [5, 5.41) is 16.1. The molecular formula is C21H22F3N3O4S. The van der Waals surface area contributed by atoms with Gasteiger partial charge in [0.25, 0.3) is 10.0 Å². The third-order valence-corrected chi connectivity index (χ3v) is 6.01. The van der Waals surface area contributed by atoms with Crippen LogP contribution in [0.1, 0.15) is 18.9 Å². The number of carbonyl (C=O) groups is 1. The molecule has 0 saturated carbocycles. The second kappa shape index (κ2) is 9.96. The van der Waals surface area contributed by atoms with E-state index in [-0.39, 0.29) is 10.9 Å². The van der Waals surface area contributed by atoms with Gasteiger partial charge in [-0.15, -0.1) is 0 Å². The van der Waals surface area contributed by atoms with Crippen molar-refractivity contribution in [3.05, 3.63) is 66.4 Å². The molecule has 1 atom stereocenters. The van der Waals surface area contributed by atoms with E-state index in [0.29, 0.717) is 24.1 Å². The van der Waals surface area contributed by atoms with E-state index in [1.165, 1.54) is 3.97 Å². The van der Waals surface area contributed by atoms with Crippen LogP contribution in [0.4, 0.5) is 13.2 Å². The minimum Gasteiger partial charge on any atom is -0.475 e. The van der Waals surface area contributed by atoms with Crippen LogP contribution in [0.15, 0.2) is 65.7 Å². The van der Waals surface area contributed by atoms with Crippen LogP contribution in [-0.4, -0.2) is 41.4 Å². The topological polar surface area (TPSA) is 126 Å². The first-order chi connectivity index (χ1) is 14.8. The zero-order valence-electron chi connectivity index (χ0n) is 17.0. The van der Waals surface area contributed by atoms with Crippen LogP contribution in [-0.2, 0) is 21.2 Å². The number of hydrogen-bond acceptors (Lipinski definition) is 5. The lowest BCUT2D eigenvalue weighted by molar-refractivity contribution is -0.192. The van der Waals surface area contributed by atoms with Crippen LogP contribution in [0.5, 0.6) is 0 Å². The molecule has 0 fully saturated rings. The summed E-state index contributed by atoms with van der Waals surface area (Å²) < 4.78 is 58.8. The van der Waals surface area contributed by atoms with Crippen molar-refractivity contribution in [2.75, 3.05) is 0 Å². The lowest BCUT2D eigenvalue weighted by Crippen LogP contribution is -2.21. The van der Waals surface area contributed by atoms with Crippen LogP contribution in [0.3, 0.4) is 0 Å². The lowest BCUT2D eigenvalue weighted by atomic mass is 10.0. The Morgan fingerprint density at radius 2 is 1.72 bits per heavy atom. The van der Waals surface area contributed by atoms with Gasteiger partial charge in [0.05, 0.1) is 10.4 Å². The number of aromatic nitrogens is 1. The average molecular weight is 469 g/mol. The normalized spacial score (nSPS) is 12.7. The Hall–Kier alpha value is -3.18. The Kier molecular flexibility index (Phi) is 7.81. The van der Waals surface area contributed by atoms with Gasteiger partial charge in [0.2, 0.25) is 0 Å². The molecule has 3 aromatic rings. The minimum absolute atomic E-state index is 0.0604. The van der Waals surface area contributed by atoms with Crippen LogP contribution in [0, 0.1) is 5.41 Å². The van der Waals surface area contributed by atoms with E-state index in [1.807, 2.05) is 19.1 Å². The quantitative estimate of drug-likeness (QED) is 0.473. The van der Waals surface area contributed by atoms with E-state index in [0.717, 1.165) is 10.9 Å². The minimum atomic E-state index is -5.08. The molecule has 1 aromatic heterocycles. The highest BCUT2D eigenvalue weighted by molar-refractivity contribution is 7.90. The standard InChI is InChI=1S/C19H21N3O2S.C2HF3O2/c1-14(20)12-16(21)13-15-6-5-9-19-18(15)10-11-22(19)25(23,24)17-7-3-2-4-8-17;3-2(4,5)1(6)7/h2-11,14,21H,12-13,20H2,1H3;(H,6,7). The number of carboxylic acid groups (broad SMARTS) is 1. The molecule has 32 heavy (non-hydrogen) atoms. The Bertz CT molecular complexity index is 1200. The molecule has 4 N–H and O–H groups in total. The fourth-order valence-electron chi connectivity index (χ4n) is 2.97. The van der Waals surface area contributed by atoms with Crippen molar-refractivity contribution >= 4 is 32.6 Å². The molecule has 3 rings (SSSR count). The van der Waals surface area contributed by atoms with Crippen molar-refractivity contribution in [3.63, 3.8) is 0 Å². The highest BCUT2D eigenvalue weighted by atomic mass is 32.2. The lowest BCUT2D eigenvalue weighted by Gasteiger charge is -2.10. The van der Waals surface area contributed by atoms with Crippen molar-refractivity contribution in [1.82, 2.24) is 3.97 Å². The SMILES string of the molecule is CC(N)CC(=N)Cc1cccc2c1ccn2S(=O)(=O)c1ccccc1.O=C(O)C(F)(F)F. The molecule has 0 radical (unpaired) electrons. The molecule has 172 valence electrons. The monoisotopic (exact) mass is 469 g/mol. The predicted molar refractivity (Wildman–Crippen MR) is 114 cm³/mol. The molecule has 0 saturated heterocycles. The first-order valence-electron chi connectivity index (χ1n) is 9.35. The average Bonchev–Trinajstić information content (AvgIpc) is 3.14. The van der Waals surface area contributed by atoms with Gasteiger partial charge in [0, 0.05) is 36.2 Å². The summed E-state index contributed by atoms with van der Waals surface area (Å²) in [6, 6.07) is 15.7. The fraction of sp³-hybridized carbons (Fsp3) is 0.238. The van der Waals surface area contributed by atoms with Gasteiger partial charge in [-0.2, -0.15) is 13.2 Å². The van der Waals surface area contributed by atoms with Gasteiger partial charge < -0.3 is 16.2 Å². The van der Waals surface area contributed by atoms with Gasteiger partial charge in [0.1, 0.15) is 0 Å². The van der Waals surface area contributed by atoms with Crippen molar-refractivity contribution < 1.29 is 31.5 Å². The summed E-state index contributed by atoms with van der Waals surface area (Å²) >= 11 is 0. The molecule has 1 heterocycles. The van der Waals surface area contributed by atoms with Gasteiger partial charge >= 0.3 is 12.1 Å². The highest BCUT2D eigenvalue weighted by Gasteiger charge is 2.38. The summed E-state index contributed by atoms with van der Waals surface area (Å²) in [5.41, 5.74) is 7.86. The second-order valence-electron chi connectivity index (χ2n) is 7.04. The number of nitrogens with one attached hydrogen (secondary N) is 1. The van der Waals surface area contributed by atoms with E-state index < -0.39 is 22.2 Å². The number of nitrogens with two attached hydrogens (primary N) is 1. The van der Waals surface area contributed by atoms with Crippen molar-refractivity contribution in [1.29, 1.82) is 5.41 Å². The van der Waals surface area contributed by atoms with E-state index in [1.54, 1.807) is 48.7 Å². The maximum absolute atomic E-state index is 12.9. The Balaban J connectivity index is 0.000000451. The van der Waals surface area contributed by atoms with Crippen molar-refractivity contribution in [2.24, 2.45) is 5.73 Å². The number of carboxylic acids is 1. The van der Waals surface area contributed by atoms with E-state index in [2.05, 4.69) is 0 Å². The summed E-state index contributed by atoms with van der Waals surface area (Å²) in [5.74, 6) is -2.76. The van der Waals surface area contributed by atoms with Gasteiger partial charge in [-0.25, -0.2) is 17.2 Å². The van der Waals surface area contributed by atoms with Crippen molar-refractivity contribution in [2.45, 2.75) is 36.9 Å². The summed E-state index contributed by atoms with van der Waals surface area (Å²) in [4.78, 5) is 9.15. The number of aliphatic carboxylic acids is 1. The largest absolute Gasteiger partial charge is 0.490 e. The number of benzene rings is 2. The van der Waals surface area contributed by atoms with Crippen molar-refractivity contribution in [3.8, 4) is 0 Å². The first kappa shape index (κ1) is 25.1. The number of nitrogens with zero attached hydrogens (tertiary/aromatic N) is 1. The summed E-state index contributed by atoms with van der Waals surface area (Å²) in [7, 11) is -3.64. The third-order valence-electron chi connectivity index (χ3n) is 4.30. The number of hydrogen-bond donors (Lipinski definition) is 3. The van der Waals surface area contributed by atoms with E-state index in [9.17, 15) is 21.6 Å². The van der Waals surface area contributed by atoms with Crippen LogP contribution in [0.2, 0.25) is 0 Å². The fourth-order valence-corrected chi connectivity index (χ4v) is 4.33. The number of rotatable bonds is 6. The molecule has 0 aliphatic rings. The summed E-state index contributed by atoms with van der Waals surface area (Å²) in [6.45, 7) is 1.87. The smallest absolute Gasteiger partial charge is 0.475 e. The number of fused-ring (bicyclic) bond motifs is 1. The maximum Gasteiger partial charge on any atom is 0.490 e. The predicted octanol–water partition coefficient (Wildman–Crippen LogP) is 3.81. The molecule has 0 bridgehead atoms. The zero-order chi connectivity index (χ0) is 24.1. The Morgan fingerprint density at radius 3 is 2.25 bits per heavy atom. The van der Waals surface area contributed by atoms with Gasteiger partial charge in [0.15, 0.2) is 0 Å². The second-order valence-corrected chi connectivity index (χ2v) is 8.86. The molecule has 0 aliphatic carbocycles. The van der Waals surface area contributed by atoms with Gasteiger partial charge in [-0.1, -0.05) is 30.3 Å². The van der Waals surface area contributed by atoms with Gasteiger partial charge in [-0.3, -0.25) is 0 Å². The Morgan fingerprint density at radius 1 is 1.12 bits per heavy atom.